The van der Waals surface area contributed by atoms with E-state index in [2.05, 4.69) is 0 Å². The van der Waals surface area contributed by atoms with Crippen molar-refractivity contribution in [1.29, 1.82) is 0 Å². The molecule has 1 heterocycles. The fourth-order valence-electron chi connectivity index (χ4n) is 2.57. The smallest absolute Gasteiger partial charge is 0.153 e. The first-order valence-electron chi connectivity index (χ1n) is 6.71. The molecule has 106 valence electrons. The molecule has 3 rings (SSSR count). The van der Waals surface area contributed by atoms with Crippen molar-refractivity contribution in [3.63, 3.8) is 0 Å². The van der Waals surface area contributed by atoms with E-state index in [0.29, 0.717) is 16.6 Å². The lowest BCUT2D eigenvalue weighted by Crippen LogP contribution is -1.91. The maximum absolute atomic E-state index is 14.5. The highest BCUT2D eigenvalue weighted by Gasteiger charge is 2.20. The largest absolute Gasteiger partial charge is 0.298 e. The maximum Gasteiger partial charge on any atom is 0.153 e. The number of nitrogens with zero attached hydrogens (tertiary/aromatic N) is 1. The first-order chi connectivity index (χ1) is 10.2. The number of carbonyl (C=O) groups excluding carboxylic acids is 1. The Kier molecular flexibility index (Phi) is 3.29. The molecule has 0 aliphatic carbocycles. The fraction of sp³-hybridized carbons (Fsp3) is 0.118. The first kappa shape index (κ1) is 13.5. The van der Waals surface area contributed by atoms with Gasteiger partial charge in [-0.2, -0.15) is 4.79 Å². The van der Waals surface area contributed by atoms with E-state index in [1.165, 1.54) is 18.2 Å². The zero-order valence-corrected chi connectivity index (χ0v) is 11.4. The Morgan fingerprint density at radius 1 is 1.14 bits per heavy atom. The number of rotatable bonds is 3. The van der Waals surface area contributed by atoms with E-state index in [-0.39, 0.29) is 22.2 Å². The third-order valence-corrected chi connectivity index (χ3v) is 3.68. The molecule has 0 aliphatic rings. The van der Waals surface area contributed by atoms with Crippen molar-refractivity contribution >= 4 is 17.2 Å². The summed E-state index contributed by atoms with van der Waals surface area (Å²) in [6.07, 6.45) is 1.37. The van der Waals surface area contributed by atoms with Gasteiger partial charge in [0.25, 0.3) is 0 Å². The van der Waals surface area contributed by atoms with Gasteiger partial charge in [0, 0.05) is 10.9 Å². The fourth-order valence-corrected chi connectivity index (χ4v) is 2.57. The van der Waals surface area contributed by atoms with E-state index in [9.17, 15) is 13.7 Å². The van der Waals surface area contributed by atoms with Crippen molar-refractivity contribution in [3.05, 3.63) is 59.4 Å². The predicted molar refractivity (Wildman–Crippen MR) is 78.6 cm³/mol. The van der Waals surface area contributed by atoms with Gasteiger partial charge in [-0.25, -0.2) is 4.39 Å². The molecule has 2 nitrogen and oxygen atoms in total. The molecule has 0 fully saturated rings. The summed E-state index contributed by atoms with van der Waals surface area (Å²) in [7, 11) is 0. The monoisotopic (exact) mass is 285 g/mol. The van der Waals surface area contributed by atoms with Crippen molar-refractivity contribution in [2.75, 3.05) is 0 Å². The molecule has 0 spiro atoms. The van der Waals surface area contributed by atoms with E-state index in [0.717, 1.165) is 12.0 Å². The van der Waals surface area contributed by atoms with E-state index < -0.39 is 5.82 Å². The van der Waals surface area contributed by atoms with Gasteiger partial charge in [-0.3, -0.25) is 4.79 Å². The van der Waals surface area contributed by atoms with E-state index in [1.54, 1.807) is 12.1 Å². The lowest BCUT2D eigenvalue weighted by atomic mass is 10.0. The van der Waals surface area contributed by atoms with Crippen LogP contribution in [-0.4, -0.2) is 11.1 Å². The Labute approximate surface area is 120 Å². The highest BCUT2D eigenvalue weighted by atomic mass is 19.2. The molecule has 2 aromatic carbocycles. The van der Waals surface area contributed by atoms with Crippen LogP contribution in [0.1, 0.15) is 22.8 Å². The predicted octanol–water partition coefficient (Wildman–Crippen LogP) is 4.55. The van der Waals surface area contributed by atoms with Crippen LogP contribution < -0.4 is 0 Å². The minimum Gasteiger partial charge on any atom is -0.298 e. The molecular formula is C17H13F2NO. The number of aryl methyl sites for hydroxylation is 1. The van der Waals surface area contributed by atoms with Crippen LogP contribution in [0.25, 0.3) is 22.2 Å². The number of hydrogen-bond donors (Lipinski definition) is 0. The number of aromatic nitrogens is 1. The lowest BCUT2D eigenvalue weighted by molar-refractivity contribution is 0.112. The number of benzene rings is 2. The zero-order chi connectivity index (χ0) is 15.0. The number of aldehydes is 1. The number of carbonyl (C=O) groups is 1. The molecule has 0 saturated heterocycles. The summed E-state index contributed by atoms with van der Waals surface area (Å²) in [5.74, 6) is -0.600. The first-order valence-corrected chi connectivity index (χ1v) is 6.71. The van der Waals surface area contributed by atoms with Crippen molar-refractivity contribution in [1.82, 2.24) is 4.79 Å². The van der Waals surface area contributed by atoms with Crippen LogP contribution in [0.4, 0.5) is 8.87 Å². The van der Waals surface area contributed by atoms with Crippen molar-refractivity contribution in [2.24, 2.45) is 0 Å². The molecule has 4 heteroatoms. The lowest BCUT2D eigenvalue weighted by Gasteiger charge is -2.03. The van der Waals surface area contributed by atoms with Gasteiger partial charge in [0.15, 0.2) is 6.29 Å². The second-order valence-corrected chi connectivity index (χ2v) is 4.85. The summed E-state index contributed by atoms with van der Waals surface area (Å²) in [5, 5.41) is 0.0181. The summed E-state index contributed by atoms with van der Waals surface area (Å²) in [6.45, 7) is 2.02. The zero-order valence-electron chi connectivity index (χ0n) is 11.4. The Morgan fingerprint density at radius 3 is 2.48 bits per heavy atom. The van der Waals surface area contributed by atoms with Crippen LogP contribution in [0.5, 0.6) is 0 Å². The average molecular weight is 285 g/mol. The van der Waals surface area contributed by atoms with Gasteiger partial charge < -0.3 is 0 Å². The molecule has 0 aliphatic heterocycles. The third-order valence-electron chi connectivity index (χ3n) is 3.68. The molecule has 0 N–H and O–H groups in total. The van der Waals surface area contributed by atoms with Crippen molar-refractivity contribution in [2.45, 2.75) is 13.3 Å². The van der Waals surface area contributed by atoms with Crippen LogP contribution in [0.3, 0.4) is 0 Å². The minimum absolute atomic E-state index is 0.0181. The van der Waals surface area contributed by atoms with Gasteiger partial charge in [0.05, 0.1) is 16.8 Å². The second kappa shape index (κ2) is 5.13. The summed E-state index contributed by atoms with van der Waals surface area (Å²) in [4.78, 5) is 11.7. The highest BCUT2D eigenvalue weighted by molar-refractivity contribution is 6.05. The van der Waals surface area contributed by atoms with Gasteiger partial charge in [-0.1, -0.05) is 41.7 Å². The molecule has 0 unspecified atom stereocenters. The van der Waals surface area contributed by atoms with E-state index >= 15 is 0 Å². The topological polar surface area (TPSA) is 22.0 Å². The quantitative estimate of drug-likeness (QED) is 0.647. The van der Waals surface area contributed by atoms with Crippen molar-refractivity contribution in [3.8, 4) is 11.3 Å². The molecule has 0 saturated carbocycles. The van der Waals surface area contributed by atoms with E-state index in [1.807, 2.05) is 19.1 Å². The standard InChI is InChI=1S/C17H13F2NO/c1-2-11-6-8-12(9-7-11)17-13(10-21)16-14(18)4-3-5-15(16)20(17)19/h3-10H,2H2,1H3. The minimum atomic E-state index is -0.600. The molecule has 0 atom stereocenters. The van der Waals surface area contributed by atoms with Gasteiger partial charge in [0.2, 0.25) is 0 Å². The highest BCUT2D eigenvalue weighted by Crippen LogP contribution is 2.34. The Balaban J connectivity index is 2.33. The summed E-state index contributed by atoms with van der Waals surface area (Å²) >= 11 is 0. The van der Waals surface area contributed by atoms with Crippen LogP contribution in [-0.2, 0) is 6.42 Å². The normalized spacial score (nSPS) is 11.0. The van der Waals surface area contributed by atoms with Crippen LogP contribution in [0.2, 0.25) is 0 Å². The Bertz CT molecular complexity index is 819. The molecule has 21 heavy (non-hydrogen) atoms. The average Bonchev–Trinajstić information content (AvgIpc) is 2.81. The molecule has 3 aromatic rings. The SMILES string of the molecule is CCc1ccc(-c2c(C=O)c3c(F)cccc3n2F)cc1. The van der Waals surface area contributed by atoms with Crippen molar-refractivity contribution < 1.29 is 13.7 Å². The van der Waals surface area contributed by atoms with Gasteiger partial charge >= 0.3 is 0 Å². The van der Waals surface area contributed by atoms with Crippen LogP contribution in [0.15, 0.2) is 42.5 Å². The summed E-state index contributed by atoms with van der Waals surface area (Å²) in [5.41, 5.74) is 1.85. The van der Waals surface area contributed by atoms with Crippen LogP contribution >= 0.6 is 0 Å². The molecule has 1 aromatic heterocycles. The molecular weight excluding hydrogens is 272 g/mol. The number of halogens is 2. The molecule has 0 bridgehead atoms. The second-order valence-electron chi connectivity index (χ2n) is 4.85. The molecule has 0 radical (unpaired) electrons. The summed E-state index contributed by atoms with van der Waals surface area (Å²) in [6, 6.07) is 11.3. The van der Waals surface area contributed by atoms with E-state index in [4.69, 9.17) is 0 Å². The molecule has 0 amide bonds. The Hall–Kier alpha value is -2.49. The van der Waals surface area contributed by atoms with Crippen LogP contribution in [0, 0.1) is 5.82 Å². The van der Waals surface area contributed by atoms with Gasteiger partial charge in [0.1, 0.15) is 5.82 Å². The van der Waals surface area contributed by atoms with Gasteiger partial charge in [-0.05, 0) is 24.1 Å². The van der Waals surface area contributed by atoms with Gasteiger partial charge in [-0.15, -0.1) is 0 Å². The Morgan fingerprint density at radius 2 is 1.86 bits per heavy atom. The number of hydrogen-bond acceptors (Lipinski definition) is 1. The third kappa shape index (κ3) is 2.03. The summed E-state index contributed by atoms with van der Waals surface area (Å²) < 4.78 is 28.4. The number of fused-ring (bicyclic) bond motifs is 1. The maximum atomic E-state index is 14.5.